The van der Waals surface area contributed by atoms with Gasteiger partial charge in [-0.1, -0.05) is 36.4 Å². The second-order valence-corrected chi connectivity index (χ2v) is 7.97. The van der Waals surface area contributed by atoms with Crippen LogP contribution in [-0.4, -0.2) is 26.6 Å². The Hall–Kier alpha value is -1.96. The summed E-state index contributed by atoms with van der Waals surface area (Å²) in [6.07, 6.45) is 1.33. The monoisotopic (exact) mass is 400 g/mol. The molecule has 0 aliphatic rings. The summed E-state index contributed by atoms with van der Waals surface area (Å²) < 4.78 is 36.9. The number of rotatable bonds is 6. The van der Waals surface area contributed by atoms with E-state index in [4.69, 9.17) is 5.73 Å². The molecule has 0 radical (unpaired) electrons. The Morgan fingerprint density at radius 3 is 2.35 bits per heavy atom. The van der Waals surface area contributed by atoms with Gasteiger partial charge in [0.05, 0.1) is 12.1 Å². The molecule has 0 saturated carbocycles. The molecule has 2 atom stereocenters. The molecule has 0 spiro atoms. The molecule has 2 rings (SSSR count). The van der Waals surface area contributed by atoms with Gasteiger partial charge >= 0.3 is 0 Å². The molecule has 1 unspecified atom stereocenters. The Morgan fingerprint density at radius 2 is 1.81 bits per heavy atom. The number of amides is 1. The molecular formula is C18H22ClFN2O3S. The zero-order valence-electron chi connectivity index (χ0n) is 14.5. The van der Waals surface area contributed by atoms with Gasteiger partial charge in [0.25, 0.3) is 0 Å². The second kappa shape index (κ2) is 9.12. The van der Waals surface area contributed by atoms with E-state index in [1.54, 1.807) is 6.92 Å². The highest BCUT2D eigenvalue weighted by Gasteiger charge is 2.19. The van der Waals surface area contributed by atoms with E-state index in [2.05, 4.69) is 5.32 Å². The number of sulfone groups is 1. The topological polar surface area (TPSA) is 89.3 Å². The summed E-state index contributed by atoms with van der Waals surface area (Å²) in [4.78, 5) is 11.9. The van der Waals surface area contributed by atoms with Crippen molar-refractivity contribution >= 4 is 28.2 Å². The van der Waals surface area contributed by atoms with Crippen molar-refractivity contribution in [3.8, 4) is 0 Å². The number of hydrogen-bond acceptors (Lipinski definition) is 4. The lowest BCUT2D eigenvalue weighted by molar-refractivity contribution is -0.123. The molecule has 0 aliphatic heterocycles. The lowest BCUT2D eigenvalue weighted by Crippen LogP contribution is -2.43. The Bertz CT molecular complexity index is 860. The lowest BCUT2D eigenvalue weighted by Gasteiger charge is -2.18. The van der Waals surface area contributed by atoms with E-state index in [9.17, 15) is 17.6 Å². The average Bonchev–Trinajstić information content (AvgIpc) is 2.54. The van der Waals surface area contributed by atoms with Crippen LogP contribution in [0.15, 0.2) is 53.4 Å². The number of benzene rings is 2. The molecule has 2 aromatic carbocycles. The van der Waals surface area contributed by atoms with E-state index in [0.717, 1.165) is 17.9 Å². The summed E-state index contributed by atoms with van der Waals surface area (Å²) in [6.45, 7) is 1.68. The fourth-order valence-corrected chi connectivity index (χ4v) is 3.18. The van der Waals surface area contributed by atoms with Crippen molar-refractivity contribution in [3.63, 3.8) is 0 Å². The quantitative estimate of drug-likeness (QED) is 0.779. The first-order chi connectivity index (χ1) is 11.7. The smallest absolute Gasteiger partial charge is 0.237 e. The van der Waals surface area contributed by atoms with E-state index >= 15 is 0 Å². The van der Waals surface area contributed by atoms with Crippen molar-refractivity contribution in [1.82, 2.24) is 5.32 Å². The van der Waals surface area contributed by atoms with Crippen molar-refractivity contribution in [2.75, 3.05) is 6.26 Å². The van der Waals surface area contributed by atoms with Gasteiger partial charge in [-0.15, -0.1) is 12.4 Å². The number of carbonyl (C=O) groups is 1. The highest BCUT2D eigenvalue weighted by molar-refractivity contribution is 7.90. The van der Waals surface area contributed by atoms with Crippen LogP contribution in [0.1, 0.15) is 24.1 Å². The third-order valence-corrected chi connectivity index (χ3v) is 4.98. The largest absolute Gasteiger partial charge is 0.348 e. The lowest BCUT2D eigenvalue weighted by atomic mass is 10.0. The fourth-order valence-electron chi connectivity index (χ4n) is 2.45. The molecule has 5 nitrogen and oxygen atoms in total. The maximum absolute atomic E-state index is 14.0. The summed E-state index contributed by atoms with van der Waals surface area (Å²) in [5.74, 6) is -1.20. The summed E-state index contributed by atoms with van der Waals surface area (Å²) in [7, 11) is -3.63. The van der Waals surface area contributed by atoms with Gasteiger partial charge in [0.1, 0.15) is 10.7 Å². The van der Waals surface area contributed by atoms with Crippen LogP contribution in [0.5, 0.6) is 0 Å². The minimum atomic E-state index is -3.63. The van der Waals surface area contributed by atoms with E-state index in [1.807, 2.05) is 30.3 Å². The van der Waals surface area contributed by atoms with Gasteiger partial charge in [0.15, 0.2) is 9.84 Å². The van der Waals surface area contributed by atoms with Crippen LogP contribution in [0.25, 0.3) is 0 Å². The number of carbonyl (C=O) groups excluding carboxylic acids is 1. The predicted octanol–water partition coefficient (Wildman–Crippen LogP) is 2.40. The first-order valence-electron chi connectivity index (χ1n) is 7.78. The minimum Gasteiger partial charge on any atom is -0.348 e. The van der Waals surface area contributed by atoms with Crippen LogP contribution in [0.2, 0.25) is 0 Å². The molecule has 2 aromatic rings. The Labute approximate surface area is 159 Å². The Morgan fingerprint density at radius 1 is 1.19 bits per heavy atom. The van der Waals surface area contributed by atoms with Gasteiger partial charge in [0.2, 0.25) is 5.91 Å². The predicted molar refractivity (Wildman–Crippen MR) is 101 cm³/mol. The second-order valence-electron chi connectivity index (χ2n) is 5.99. The first-order valence-corrected chi connectivity index (χ1v) is 9.67. The molecule has 0 aliphatic carbocycles. The molecule has 0 bridgehead atoms. The van der Waals surface area contributed by atoms with Gasteiger partial charge in [-0.3, -0.25) is 4.79 Å². The maximum Gasteiger partial charge on any atom is 0.237 e. The van der Waals surface area contributed by atoms with Gasteiger partial charge in [-0.2, -0.15) is 0 Å². The summed E-state index contributed by atoms with van der Waals surface area (Å²) in [5, 5.41) is 2.72. The zero-order chi connectivity index (χ0) is 18.6. The van der Waals surface area contributed by atoms with Crippen molar-refractivity contribution < 1.29 is 17.6 Å². The van der Waals surface area contributed by atoms with Crippen LogP contribution < -0.4 is 11.1 Å². The van der Waals surface area contributed by atoms with E-state index in [-0.39, 0.29) is 23.2 Å². The van der Waals surface area contributed by atoms with Gasteiger partial charge < -0.3 is 11.1 Å². The van der Waals surface area contributed by atoms with Crippen LogP contribution in [0, 0.1) is 5.82 Å². The molecule has 0 saturated heterocycles. The average molecular weight is 401 g/mol. The molecule has 0 fully saturated rings. The van der Waals surface area contributed by atoms with E-state index in [0.29, 0.717) is 12.0 Å². The van der Waals surface area contributed by atoms with E-state index in [1.165, 1.54) is 12.1 Å². The van der Waals surface area contributed by atoms with Crippen LogP contribution >= 0.6 is 12.4 Å². The minimum absolute atomic E-state index is 0. The Kier molecular flexibility index (Phi) is 7.74. The van der Waals surface area contributed by atoms with E-state index < -0.39 is 27.7 Å². The highest BCUT2D eigenvalue weighted by Crippen LogP contribution is 2.20. The van der Waals surface area contributed by atoms with Crippen molar-refractivity contribution in [3.05, 3.63) is 65.5 Å². The maximum atomic E-state index is 14.0. The molecular weight excluding hydrogens is 379 g/mol. The van der Waals surface area contributed by atoms with Gasteiger partial charge in [-0.25, -0.2) is 12.8 Å². The van der Waals surface area contributed by atoms with Crippen LogP contribution in [-0.2, 0) is 21.1 Å². The number of nitrogens with two attached hydrogens (primary N) is 1. The van der Waals surface area contributed by atoms with Crippen LogP contribution in [0.4, 0.5) is 4.39 Å². The molecule has 142 valence electrons. The van der Waals surface area contributed by atoms with Crippen molar-refractivity contribution in [2.45, 2.75) is 30.3 Å². The molecule has 1 amide bonds. The normalized spacial score (nSPS) is 13.4. The van der Waals surface area contributed by atoms with Crippen molar-refractivity contribution in [2.24, 2.45) is 5.73 Å². The molecule has 26 heavy (non-hydrogen) atoms. The number of hydrogen-bond donors (Lipinski definition) is 2. The first kappa shape index (κ1) is 22.1. The number of halogens is 2. The summed E-state index contributed by atoms with van der Waals surface area (Å²) in [6, 6.07) is 12.0. The SMILES string of the molecule is CC(NC(=O)[C@@H](N)Cc1ccccc1)c1ccc(S(C)(=O)=O)c(F)c1.Cl. The third kappa shape index (κ3) is 5.79. The standard InChI is InChI=1S/C18H21FN2O3S.ClH/c1-12(14-8-9-17(15(19)11-14)25(2,23)24)21-18(22)16(20)10-13-6-4-3-5-7-13;/h3-9,11-12,16H,10,20H2,1-2H3,(H,21,22);1H/t12?,16-;/m0./s1. The summed E-state index contributed by atoms with van der Waals surface area (Å²) in [5.41, 5.74) is 7.33. The third-order valence-electron chi connectivity index (χ3n) is 3.85. The number of nitrogens with one attached hydrogen (secondary N) is 1. The Balaban J connectivity index is 0.00000338. The van der Waals surface area contributed by atoms with Gasteiger partial charge in [-0.05, 0) is 36.6 Å². The van der Waals surface area contributed by atoms with Crippen LogP contribution in [0.3, 0.4) is 0 Å². The van der Waals surface area contributed by atoms with Gasteiger partial charge in [0, 0.05) is 6.26 Å². The molecule has 3 N–H and O–H groups in total. The zero-order valence-corrected chi connectivity index (χ0v) is 16.1. The molecule has 8 heteroatoms. The molecule has 0 heterocycles. The molecule has 0 aromatic heterocycles. The highest BCUT2D eigenvalue weighted by atomic mass is 35.5. The fraction of sp³-hybridized carbons (Fsp3) is 0.278. The summed E-state index contributed by atoms with van der Waals surface area (Å²) >= 11 is 0. The van der Waals surface area contributed by atoms with Crippen molar-refractivity contribution in [1.29, 1.82) is 0 Å².